The molecule has 0 spiro atoms. The fourth-order valence-electron chi connectivity index (χ4n) is 1.16. The lowest BCUT2D eigenvalue weighted by molar-refractivity contribution is 0.408. The van der Waals surface area contributed by atoms with E-state index in [1.807, 2.05) is 0 Å². The minimum atomic E-state index is 0.0938. The predicted molar refractivity (Wildman–Crippen MR) is 121 cm³/mol. The molecule has 2 heterocycles. The molecule has 0 aromatic carbocycles. The Bertz CT molecular complexity index is 517. The molecule has 0 amide bonds. The lowest BCUT2D eigenvalue weighted by Gasteiger charge is -2.13. The largest absolute Gasteiger partial charge is 0.448 e. The first kappa shape index (κ1) is 28.6. The van der Waals surface area contributed by atoms with Crippen molar-refractivity contribution < 1.29 is 8.94 Å². The van der Waals surface area contributed by atoms with Crippen LogP contribution in [0.2, 0.25) is 0 Å². The summed E-state index contributed by atoms with van der Waals surface area (Å²) in [5.74, 6) is 0.933. The highest BCUT2D eigenvalue weighted by Gasteiger charge is 2.16. The zero-order valence-corrected chi connectivity index (χ0v) is 21.0. The Hall–Kier alpha value is -1.58. The summed E-state index contributed by atoms with van der Waals surface area (Å²) in [6.07, 6.45) is 6.64. The van der Waals surface area contributed by atoms with E-state index in [0.29, 0.717) is 10.8 Å². The molecule has 4 nitrogen and oxygen atoms in total. The first-order valence-electron chi connectivity index (χ1n) is 10.00. The molecule has 0 radical (unpaired) electrons. The standard InChI is InChI=1S/2C7H11NO.2C5H12/c1-7(2,3)6-4-8-5-9-6;1-7(2,3)6-4-8-9-5-6;2*1-5(2,3)4/h2*4-5H,1-3H3;2*1-4H3. The molecular formula is C24H46N2O2. The molecule has 0 aliphatic carbocycles. The molecule has 0 N–H and O–H groups in total. The molecule has 0 bridgehead atoms. The molecule has 4 heteroatoms. The molecule has 2 aromatic heterocycles. The van der Waals surface area contributed by atoms with Crippen LogP contribution in [0.4, 0.5) is 0 Å². The van der Waals surface area contributed by atoms with Crippen LogP contribution in [0.15, 0.2) is 34.0 Å². The van der Waals surface area contributed by atoms with Gasteiger partial charge in [0.05, 0.1) is 12.4 Å². The van der Waals surface area contributed by atoms with Crippen molar-refractivity contribution in [3.8, 4) is 0 Å². The summed E-state index contributed by atoms with van der Waals surface area (Å²) in [4.78, 5) is 3.82. The Balaban J connectivity index is 0. The predicted octanol–water partition coefficient (Wildman–Crippen LogP) is 8.05. The molecule has 2 rings (SSSR count). The zero-order valence-electron chi connectivity index (χ0n) is 21.0. The highest BCUT2D eigenvalue weighted by molar-refractivity contribution is 5.12. The van der Waals surface area contributed by atoms with Gasteiger partial charge in [-0.05, 0) is 16.2 Å². The van der Waals surface area contributed by atoms with Gasteiger partial charge in [0, 0.05) is 11.0 Å². The van der Waals surface area contributed by atoms with Gasteiger partial charge in [-0.1, -0.05) is 102 Å². The average molecular weight is 395 g/mol. The molecule has 0 unspecified atom stereocenters. The minimum absolute atomic E-state index is 0.0938. The van der Waals surface area contributed by atoms with E-state index < -0.39 is 0 Å². The fraction of sp³-hybridized carbons (Fsp3) is 0.750. The lowest BCUT2D eigenvalue weighted by atomic mass is 9.90. The van der Waals surface area contributed by atoms with Crippen molar-refractivity contribution in [2.24, 2.45) is 10.8 Å². The Morgan fingerprint density at radius 2 is 1.07 bits per heavy atom. The number of aromatic nitrogens is 2. The second-order valence-electron chi connectivity index (χ2n) is 12.3. The molecule has 0 saturated carbocycles. The summed E-state index contributed by atoms with van der Waals surface area (Å²) in [6.45, 7) is 30.1. The van der Waals surface area contributed by atoms with Crippen molar-refractivity contribution in [2.75, 3.05) is 0 Å². The third-order valence-corrected chi connectivity index (χ3v) is 2.47. The summed E-state index contributed by atoms with van der Waals surface area (Å²) in [6, 6.07) is 0. The molecule has 0 atom stereocenters. The quantitative estimate of drug-likeness (QED) is 0.453. The van der Waals surface area contributed by atoms with E-state index in [9.17, 15) is 0 Å². The van der Waals surface area contributed by atoms with Crippen LogP contribution in [-0.4, -0.2) is 10.1 Å². The van der Waals surface area contributed by atoms with Crippen molar-refractivity contribution in [2.45, 2.75) is 108 Å². The SMILES string of the molecule is CC(C)(C)C.CC(C)(C)C.CC(C)(C)c1cnco1.CC(C)(C)c1cnoc1. The summed E-state index contributed by atoms with van der Waals surface area (Å²) >= 11 is 0. The van der Waals surface area contributed by atoms with E-state index >= 15 is 0 Å². The highest BCUT2D eigenvalue weighted by atomic mass is 16.5. The maximum atomic E-state index is 5.09. The van der Waals surface area contributed by atoms with Crippen molar-refractivity contribution >= 4 is 0 Å². The van der Waals surface area contributed by atoms with E-state index in [2.05, 4.69) is 107 Å². The van der Waals surface area contributed by atoms with Gasteiger partial charge in [-0.25, -0.2) is 4.98 Å². The number of hydrogen-bond donors (Lipinski definition) is 0. The smallest absolute Gasteiger partial charge is 0.180 e. The van der Waals surface area contributed by atoms with Gasteiger partial charge in [-0.3, -0.25) is 0 Å². The van der Waals surface area contributed by atoms with Crippen LogP contribution < -0.4 is 0 Å². The molecule has 0 saturated heterocycles. The van der Waals surface area contributed by atoms with Gasteiger partial charge in [0.15, 0.2) is 6.39 Å². The topological polar surface area (TPSA) is 52.1 Å². The second-order valence-corrected chi connectivity index (χ2v) is 12.3. The molecular weight excluding hydrogens is 348 g/mol. The maximum Gasteiger partial charge on any atom is 0.180 e. The summed E-state index contributed by atoms with van der Waals surface area (Å²) < 4.78 is 9.78. The molecule has 164 valence electrons. The monoisotopic (exact) mass is 394 g/mol. The average Bonchev–Trinajstić information content (AvgIpc) is 3.08. The maximum absolute atomic E-state index is 5.09. The summed E-state index contributed by atoms with van der Waals surface area (Å²) in [7, 11) is 0. The number of nitrogens with zero attached hydrogens (tertiary/aromatic N) is 2. The third-order valence-electron chi connectivity index (χ3n) is 2.47. The van der Waals surface area contributed by atoms with Crippen LogP contribution in [0.1, 0.15) is 108 Å². The molecule has 28 heavy (non-hydrogen) atoms. The van der Waals surface area contributed by atoms with Gasteiger partial charge < -0.3 is 8.94 Å². The molecule has 0 aliphatic heterocycles. The molecule has 0 fully saturated rings. The van der Waals surface area contributed by atoms with Crippen LogP contribution in [0.25, 0.3) is 0 Å². The normalized spacial score (nSPS) is 11.9. The van der Waals surface area contributed by atoms with Gasteiger partial charge in [0.25, 0.3) is 0 Å². The number of hydrogen-bond acceptors (Lipinski definition) is 4. The van der Waals surface area contributed by atoms with Crippen molar-refractivity contribution in [3.05, 3.63) is 36.4 Å². The van der Waals surface area contributed by atoms with Crippen LogP contribution in [0.5, 0.6) is 0 Å². The van der Waals surface area contributed by atoms with Crippen LogP contribution in [-0.2, 0) is 10.8 Å². The van der Waals surface area contributed by atoms with Crippen molar-refractivity contribution in [1.29, 1.82) is 0 Å². The first-order valence-corrected chi connectivity index (χ1v) is 10.00. The van der Waals surface area contributed by atoms with Gasteiger partial charge in [-0.2, -0.15) is 0 Å². The van der Waals surface area contributed by atoms with E-state index in [4.69, 9.17) is 8.94 Å². The Morgan fingerprint density at radius 1 is 0.643 bits per heavy atom. The minimum Gasteiger partial charge on any atom is -0.448 e. The molecule has 2 aromatic rings. The van der Waals surface area contributed by atoms with Gasteiger partial charge >= 0.3 is 0 Å². The Labute approximate surface area is 174 Å². The third kappa shape index (κ3) is 22.5. The fourth-order valence-corrected chi connectivity index (χ4v) is 1.16. The van der Waals surface area contributed by atoms with Gasteiger partial charge in [-0.15, -0.1) is 0 Å². The van der Waals surface area contributed by atoms with E-state index in [-0.39, 0.29) is 10.8 Å². The van der Waals surface area contributed by atoms with Gasteiger partial charge in [0.2, 0.25) is 0 Å². The Kier molecular flexibility index (Phi) is 11.7. The summed E-state index contributed by atoms with van der Waals surface area (Å²) in [5, 5.41) is 3.61. The first-order chi connectivity index (χ1) is 12.2. The Morgan fingerprint density at radius 3 is 1.21 bits per heavy atom. The highest BCUT2D eigenvalue weighted by Crippen LogP contribution is 2.21. The lowest BCUT2D eigenvalue weighted by Crippen LogP contribution is -2.08. The van der Waals surface area contributed by atoms with Crippen LogP contribution in [0, 0.1) is 10.8 Å². The van der Waals surface area contributed by atoms with Crippen LogP contribution >= 0.6 is 0 Å². The molecule has 0 aliphatic rings. The van der Waals surface area contributed by atoms with E-state index in [1.165, 1.54) is 6.39 Å². The zero-order chi connectivity index (χ0) is 22.8. The summed E-state index contributed by atoms with van der Waals surface area (Å²) in [5.41, 5.74) is 2.40. The van der Waals surface area contributed by atoms with Crippen LogP contribution in [0.3, 0.4) is 0 Å². The van der Waals surface area contributed by atoms with E-state index in [0.717, 1.165) is 11.3 Å². The van der Waals surface area contributed by atoms with E-state index in [1.54, 1.807) is 18.7 Å². The number of oxazole rings is 1. The van der Waals surface area contributed by atoms with Gasteiger partial charge in [0.1, 0.15) is 12.0 Å². The van der Waals surface area contributed by atoms with Crippen molar-refractivity contribution in [3.63, 3.8) is 0 Å². The second kappa shape index (κ2) is 11.4. The number of rotatable bonds is 0. The van der Waals surface area contributed by atoms with Crippen molar-refractivity contribution in [1.82, 2.24) is 10.1 Å².